The smallest absolute Gasteiger partial charge is 0.243 e. The topological polar surface area (TPSA) is 59.1 Å². The number of piperazine rings is 1. The molecular weight excluding hydrogens is 364 g/mol. The number of hydrogen-bond acceptors (Lipinski definition) is 5. The molecule has 2 heterocycles. The zero-order chi connectivity index (χ0) is 17.4. The summed E-state index contributed by atoms with van der Waals surface area (Å²) in [5.41, 5.74) is 1.01. The van der Waals surface area contributed by atoms with Crippen LogP contribution in [0.3, 0.4) is 0 Å². The van der Waals surface area contributed by atoms with Crippen molar-refractivity contribution < 1.29 is 17.9 Å². The van der Waals surface area contributed by atoms with Gasteiger partial charge in [0.05, 0.1) is 4.90 Å². The standard InChI is InChI=1S/C17H17ClN2O4S/c18-13-2-1-3-14(10-13)19-6-8-20(9-7-19)25(21,22)15-4-5-16-17(11-15)24-12-23-16/h1-5,10-11H,6-9,12H2. The van der Waals surface area contributed by atoms with Gasteiger partial charge in [0.15, 0.2) is 11.5 Å². The summed E-state index contributed by atoms with van der Waals surface area (Å²) < 4.78 is 37.8. The molecule has 0 saturated carbocycles. The molecule has 2 aromatic carbocycles. The molecule has 0 atom stereocenters. The fourth-order valence-corrected chi connectivity index (χ4v) is 4.67. The van der Waals surface area contributed by atoms with Crippen molar-refractivity contribution >= 4 is 27.3 Å². The lowest BCUT2D eigenvalue weighted by atomic mass is 10.2. The van der Waals surface area contributed by atoms with Gasteiger partial charge in [-0.2, -0.15) is 4.31 Å². The Labute approximate surface area is 151 Å². The first-order valence-electron chi connectivity index (χ1n) is 7.94. The van der Waals surface area contributed by atoms with Gasteiger partial charge in [-0.15, -0.1) is 0 Å². The van der Waals surface area contributed by atoms with Gasteiger partial charge in [0.2, 0.25) is 16.8 Å². The van der Waals surface area contributed by atoms with E-state index in [9.17, 15) is 8.42 Å². The van der Waals surface area contributed by atoms with Crippen LogP contribution in [0.25, 0.3) is 0 Å². The minimum atomic E-state index is -3.55. The van der Waals surface area contributed by atoms with Crippen LogP contribution in [0.4, 0.5) is 5.69 Å². The summed E-state index contributed by atoms with van der Waals surface area (Å²) in [5.74, 6) is 1.04. The van der Waals surface area contributed by atoms with Crippen molar-refractivity contribution in [1.82, 2.24) is 4.31 Å². The van der Waals surface area contributed by atoms with Gasteiger partial charge in [-0.1, -0.05) is 17.7 Å². The summed E-state index contributed by atoms with van der Waals surface area (Å²) in [6.07, 6.45) is 0. The largest absolute Gasteiger partial charge is 0.454 e. The Hall–Kier alpha value is -1.96. The van der Waals surface area contributed by atoms with Crippen LogP contribution in [0.15, 0.2) is 47.4 Å². The Bertz CT molecular complexity index is 895. The highest BCUT2D eigenvalue weighted by Crippen LogP contribution is 2.35. The van der Waals surface area contributed by atoms with E-state index >= 15 is 0 Å². The second-order valence-electron chi connectivity index (χ2n) is 5.89. The number of nitrogens with zero attached hydrogens (tertiary/aromatic N) is 2. The molecule has 0 aromatic heterocycles. The maximum Gasteiger partial charge on any atom is 0.243 e. The summed E-state index contributed by atoms with van der Waals surface area (Å²) >= 11 is 6.04. The van der Waals surface area contributed by atoms with Crippen LogP contribution in [-0.2, 0) is 10.0 Å². The lowest BCUT2D eigenvalue weighted by molar-refractivity contribution is 0.174. The predicted molar refractivity (Wildman–Crippen MR) is 95.0 cm³/mol. The number of ether oxygens (including phenoxy) is 2. The number of hydrogen-bond donors (Lipinski definition) is 0. The number of benzene rings is 2. The average Bonchev–Trinajstić information content (AvgIpc) is 3.09. The van der Waals surface area contributed by atoms with Gasteiger partial charge >= 0.3 is 0 Å². The number of halogens is 1. The second-order valence-corrected chi connectivity index (χ2v) is 8.26. The molecule has 0 unspecified atom stereocenters. The Kier molecular flexibility index (Phi) is 4.23. The van der Waals surface area contributed by atoms with Gasteiger partial charge in [-0.05, 0) is 30.3 Å². The van der Waals surface area contributed by atoms with E-state index in [0.29, 0.717) is 42.7 Å². The normalized spacial score (nSPS) is 17.7. The lowest BCUT2D eigenvalue weighted by Gasteiger charge is -2.35. The first-order valence-corrected chi connectivity index (χ1v) is 9.76. The summed E-state index contributed by atoms with van der Waals surface area (Å²) in [6, 6.07) is 12.3. The minimum absolute atomic E-state index is 0.122. The minimum Gasteiger partial charge on any atom is -0.454 e. The number of rotatable bonds is 3. The highest BCUT2D eigenvalue weighted by Gasteiger charge is 2.30. The van der Waals surface area contributed by atoms with E-state index in [4.69, 9.17) is 21.1 Å². The SMILES string of the molecule is O=S(=O)(c1ccc2c(c1)OCO2)N1CCN(c2cccc(Cl)c2)CC1. The second kappa shape index (κ2) is 6.40. The summed E-state index contributed by atoms with van der Waals surface area (Å²) in [6.45, 7) is 2.19. The number of sulfonamides is 1. The lowest BCUT2D eigenvalue weighted by Crippen LogP contribution is -2.48. The summed E-state index contributed by atoms with van der Waals surface area (Å²) in [7, 11) is -3.55. The van der Waals surface area contributed by atoms with Crippen LogP contribution >= 0.6 is 11.6 Å². The van der Waals surface area contributed by atoms with Crippen molar-refractivity contribution in [3.8, 4) is 11.5 Å². The Morgan fingerprint density at radius 1 is 0.920 bits per heavy atom. The highest BCUT2D eigenvalue weighted by molar-refractivity contribution is 7.89. The van der Waals surface area contributed by atoms with E-state index in [0.717, 1.165) is 5.69 Å². The molecule has 0 amide bonds. The first-order chi connectivity index (χ1) is 12.0. The molecule has 0 spiro atoms. The molecule has 0 bridgehead atoms. The molecule has 1 fully saturated rings. The van der Waals surface area contributed by atoms with Gasteiger partial charge in [-0.25, -0.2) is 8.42 Å². The van der Waals surface area contributed by atoms with Gasteiger partial charge in [0, 0.05) is 43.0 Å². The first kappa shape index (κ1) is 16.5. The molecule has 4 rings (SSSR count). The molecule has 1 saturated heterocycles. The summed E-state index contributed by atoms with van der Waals surface area (Å²) in [4.78, 5) is 2.37. The van der Waals surface area contributed by atoms with Crippen molar-refractivity contribution in [3.05, 3.63) is 47.5 Å². The molecule has 0 N–H and O–H groups in total. The van der Waals surface area contributed by atoms with Gasteiger partial charge < -0.3 is 14.4 Å². The highest BCUT2D eigenvalue weighted by atomic mass is 35.5. The van der Waals surface area contributed by atoms with E-state index in [1.165, 1.54) is 10.4 Å². The third kappa shape index (κ3) is 3.15. The molecule has 2 aromatic rings. The van der Waals surface area contributed by atoms with Crippen molar-refractivity contribution in [2.75, 3.05) is 37.9 Å². The molecular formula is C17H17ClN2O4S. The fourth-order valence-electron chi connectivity index (χ4n) is 3.05. The maximum atomic E-state index is 12.9. The Balaban J connectivity index is 1.50. The molecule has 6 nitrogen and oxygen atoms in total. The molecule has 132 valence electrons. The van der Waals surface area contributed by atoms with E-state index in [2.05, 4.69) is 4.90 Å². The third-order valence-corrected chi connectivity index (χ3v) is 6.52. The number of fused-ring (bicyclic) bond motifs is 1. The molecule has 0 radical (unpaired) electrons. The molecule has 25 heavy (non-hydrogen) atoms. The quantitative estimate of drug-likeness (QED) is 0.819. The van der Waals surface area contributed by atoms with Gasteiger partial charge in [0.25, 0.3) is 0 Å². The van der Waals surface area contributed by atoms with Crippen LogP contribution in [0.2, 0.25) is 5.02 Å². The Morgan fingerprint density at radius 3 is 2.44 bits per heavy atom. The molecule has 2 aliphatic rings. The van der Waals surface area contributed by atoms with Crippen molar-refractivity contribution in [3.63, 3.8) is 0 Å². The van der Waals surface area contributed by atoms with Crippen LogP contribution in [-0.4, -0.2) is 45.7 Å². The van der Waals surface area contributed by atoms with E-state index in [1.54, 1.807) is 12.1 Å². The number of anilines is 1. The van der Waals surface area contributed by atoms with Crippen molar-refractivity contribution in [2.24, 2.45) is 0 Å². The van der Waals surface area contributed by atoms with Crippen LogP contribution in [0, 0.1) is 0 Å². The molecule has 0 aliphatic carbocycles. The van der Waals surface area contributed by atoms with E-state index < -0.39 is 10.0 Å². The zero-order valence-electron chi connectivity index (χ0n) is 13.4. The van der Waals surface area contributed by atoms with Crippen LogP contribution < -0.4 is 14.4 Å². The van der Waals surface area contributed by atoms with Crippen molar-refractivity contribution in [1.29, 1.82) is 0 Å². The van der Waals surface area contributed by atoms with Gasteiger partial charge in [0.1, 0.15) is 0 Å². The molecule has 8 heteroatoms. The summed E-state index contributed by atoms with van der Waals surface area (Å²) in [5, 5.41) is 0.674. The van der Waals surface area contributed by atoms with E-state index in [-0.39, 0.29) is 11.7 Å². The van der Waals surface area contributed by atoms with Gasteiger partial charge in [-0.3, -0.25) is 0 Å². The zero-order valence-corrected chi connectivity index (χ0v) is 15.0. The maximum absolute atomic E-state index is 12.9. The Morgan fingerprint density at radius 2 is 1.68 bits per heavy atom. The van der Waals surface area contributed by atoms with Crippen LogP contribution in [0.1, 0.15) is 0 Å². The molecule has 2 aliphatic heterocycles. The fraction of sp³-hybridized carbons (Fsp3) is 0.294. The monoisotopic (exact) mass is 380 g/mol. The van der Waals surface area contributed by atoms with Crippen LogP contribution in [0.5, 0.6) is 11.5 Å². The average molecular weight is 381 g/mol. The van der Waals surface area contributed by atoms with Crippen molar-refractivity contribution in [2.45, 2.75) is 4.90 Å². The third-order valence-electron chi connectivity index (χ3n) is 4.39. The predicted octanol–water partition coefficient (Wildman–Crippen LogP) is 2.58. The van der Waals surface area contributed by atoms with E-state index in [1.807, 2.05) is 24.3 Å².